The molecule has 18 heavy (non-hydrogen) atoms. The third kappa shape index (κ3) is 2.23. The summed E-state index contributed by atoms with van der Waals surface area (Å²) < 4.78 is 1.02. The molecular formula is C14H18N2OS. The Hall–Kier alpha value is -1.10. The van der Waals surface area contributed by atoms with Gasteiger partial charge in [-0.1, -0.05) is 12.1 Å². The highest BCUT2D eigenvalue weighted by atomic mass is 32.1. The lowest BCUT2D eigenvalue weighted by molar-refractivity contribution is 0.148. The Labute approximate surface area is 111 Å². The van der Waals surface area contributed by atoms with Crippen LogP contribution in [0.4, 0.5) is 0 Å². The van der Waals surface area contributed by atoms with Crippen molar-refractivity contribution >= 4 is 21.4 Å². The van der Waals surface area contributed by atoms with E-state index in [4.69, 9.17) is 0 Å². The van der Waals surface area contributed by atoms with E-state index in [1.807, 2.05) is 6.07 Å². The van der Waals surface area contributed by atoms with Gasteiger partial charge in [0, 0.05) is 38.1 Å². The summed E-state index contributed by atoms with van der Waals surface area (Å²) in [5, 5.41) is 13.2. The number of thiophene rings is 1. The lowest BCUT2D eigenvalue weighted by Gasteiger charge is -2.32. The number of rotatable bonds is 2. The average Bonchev–Trinajstić information content (AvgIpc) is 2.77. The minimum atomic E-state index is 0.405. The molecule has 0 radical (unpaired) electrons. The van der Waals surface area contributed by atoms with Gasteiger partial charge in [-0.05, 0) is 24.1 Å². The van der Waals surface area contributed by atoms with Crippen LogP contribution < -0.4 is 0 Å². The molecule has 1 fully saturated rings. The zero-order chi connectivity index (χ0) is 12.5. The van der Waals surface area contributed by atoms with Crippen LogP contribution in [0.5, 0.6) is 5.75 Å². The Morgan fingerprint density at radius 3 is 2.78 bits per heavy atom. The maximum atomic E-state index is 9.82. The van der Waals surface area contributed by atoms with Crippen LogP contribution in [0.1, 0.15) is 5.56 Å². The van der Waals surface area contributed by atoms with Crippen LogP contribution >= 0.6 is 11.3 Å². The molecule has 1 aliphatic rings. The number of piperazine rings is 1. The van der Waals surface area contributed by atoms with Crippen LogP contribution in [-0.2, 0) is 6.54 Å². The molecule has 0 atom stereocenters. The predicted molar refractivity (Wildman–Crippen MR) is 76.3 cm³/mol. The number of benzene rings is 1. The van der Waals surface area contributed by atoms with E-state index in [2.05, 4.69) is 28.3 Å². The first-order valence-electron chi connectivity index (χ1n) is 6.33. The normalized spacial score (nSPS) is 18.5. The second kappa shape index (κ2) is 4.88. The number of nitrogens with zero attached hydrogens (tertiary/aromatic N) is 2. The first-order valence-corrected chi connectivity index (χ1v) is 7.21. The smallest absolute Gasteiger partial charge is 0.133 e. The molecule has 3 rings (SSSR count). The average molecular weight is 262 g/mol. The van der Waals surface area contributed by atoms with E-state index in [0.29, 0.717) is 5.75 Å². The highest BCUT2D eigenvalue weighted by Crippen LogP contribution is 2.33. The van der Waals surface area contributed by atoms with Gasteiger partial charge in [0.2, 0.25) is 0 Å². The molecule has 1 aromatic heterocycles. The molecule has 0 saturated carbocycles. The summed E-state index contributed by atoms with van der Waals surface area (Å²) in [6.07, 6.45) is 0. The summed E-state index contributed by atoms with van der Waals surface area (Å²) in [7, 11) is 2.18. The van der Waals surface area contributed by atoms with E-state index in [0.717, 1.165) is 37.4 Å². The first kappa shape index (κ1) is 12.0. The largest absolute Gasteiger partial charge is 0.506 e. The van der Waals surface area contributed by atoms with Gasteiger partial charge in [-0.25, -0.2) is 0 Å². The zero-order valence-corrected chi connectivity index (χ0v) is 11.4. The Morgan fingerprint density at radius 1 is 1.22 bits per heavy atom. The summed E-state index contributed by atoms with van der Waals surface area (Å²) in [6.45, 7) is 5.55. The van der Waals surface area contributed by atoms with E-state index in [1.54, 1.807) is 17.4 Å². The molecule has 0 aliphatic carbocycles. The molecular weight excluding hydrogens is 244 g/mol. The van der Waals surface area contributed by atoms with E-state index in [-0.39, 0.29) is 0 Å². The number of likely N-dealkylation sites (N-methyl/N-ethyl adjacent to an activating group) is 1. The zero-order valence-electron chi connectivity index (χ0n) is 10.6. The number of phenolic OH excluding ortho intramolecular Hbond substituents is 1. The predicted octanol–water partition coefficient (Wildman–Crippen LogP) is 2.35. The summed E-state index contributed by atoms with van der Waals surface area (Å²) in [5.74, 6) is 0.405. The van der Waals surface area contributed by atoms with Crippen LogP contribution in [0.2, 0.25) is 0 Å². The number of hydrogen-bond donors (Lipinski definition) is 1. The van der Waals surface area contributed by atoms with Gasteiger partial charge in [0.15, 0.2) is 0 Å². The molecule has 1 saturated heterocycles. The van der Waals surface area contributed by atoms with Gasteiger partial charge in [-0.2, -0.15) is 0 Å². The van der Waals surface area contributed by atoms with Crippen LogP contribution in [-0.4, -0.2) is 48.1 Å². The fraction of sp³-hybridized carbons (Fsp3) is 0.429. The van der Waals surface area contributed by atoms with Crippen LogP contribution in [0.15, 0.2) is 23.6 Å². The first-order chi connectivity index (χ1) is 8.74. The SMILES string of the molecule is CN1CCN(Cc2csc3c(O)cccc23)CC1. The Morgan fingerprint density at radius 2 is 2.00 bits per heavy atom. The quantitative estimate of drug-likeness (QED) is 0.900. The lowest BCUT2D eigenvalue weighted by atomic mass is 10.1. The fourth-order valence-corrected chi connectivity index (χ4v) is 3.44. The van der Waals surface area contributed by atoms with E-state index in [9.17, 15) is 5.11 Å². The van der Waals surface area contributed by atoms with E-state index < -0.39 is 0 Å². The van der Waals surface area contributed by atoms with Gasteiger partial charge < -0.3 is 10.0 Å². The van der Waals surface area contributed by atoms with Crippen molar-refractivity contribution in [2.75, 3.05) is 33.2 Å². The molecule has 1 N–H and O–H groups in total. The highest BCUT2D eigenvalue weighted by molar-refractivity contribution is 7.17. The minimum absolute atomic E-state index is 0.405. The molecule has 0 amide bonds. The van der Waals surface area contributed by atoms with Gasteiger partial charge in [-0.15, -0.1) is 11.3 Å². The van der Waals surface area contributed by atoms with Gasteiger partial charge in [0.05, 0.1) is 4.70 Å². The molecule has 1 aliphatic heterocycles. The van der Waals surface area contributed by atoms with Crippen molar-refractivity contribution in [1.82, 2.24) is 9.80 Å². The molecule has 1 aromatic carbocycles. The Kier molecular flexibility index (Phi) is 3.24. The summed E-state index contributed by atoms with van der Waals surface area (Å²) in [6, 6.07) is 5.80. The highest BCUT2D eigenvalue weighted by Gasteiger charge is 2.16. The van der Waals surface area contributed by atoms with E-state index >= 15 is 0 Å². The summed E-state index contributed by atoms with van der Waals surface area (Å²) in [4.78, 5) is 4.86. The number of phenols is 1. The maximum Gasteiger partial charge on any atom is 0.133 e. The third-order valence-corrected chi connectivity index (χ3v) is 4.72. The molecule has 3 nitrogen and oxygen atoms in total. The second-order valence-electron chi connectivity index (χ2n) is 4.99. The van der Waals surface area contributed by atoms with Crippen LogP contribution in [0, 0.1) is 0 Å². The van der Waals surface area contributed by atoms with E-state index in [1.165, 1.54) is 10.9 Å². The number of aromatic hydroxyl groups is 1. The standard InChI is InChI=1S/C14H18N2OS/c1-15-5-7-16(8-6-15)9-11-10-18-14-12(11)3-2-4-13(14)17/h2-4,10,17H,5-9H2,1H3. The van der Waals surface area contributed by atoms with Crippen molar-refractivity contribution in [1.29, 1.82) is 0 Å². The third-order valence-electron chi connectivity index (χ3n) is 3.65. The summed E-state index contributed by atoms with van der Waals surface area (Å²) >= 11 is 1.64. The summed E-state index contributed by atoms with van der Waals surface area (Å²) in [5.41, 5.74) is 1.34. The maximum absolute atomic E-state index is 9.82. The van der Waals surface area contributed by atoms with Crippen molar-refractivity contribution in [2.45, 2.75) is 6.54 Å². The van der Waals surface area contributed by atoms with Crippen molar-refractivity contribution in [3.05, 3.63) is 29.1 Å². The van der Waals surface area contributed by atoms with Crippen LogP contribution in [0.25, 0.3) is 10.1 Å². The molecule has 4 heteroatoms. The molecule has 2 heterocycles. The topological polar surface area (TPSA) is 26.7 Å². The molecule has 96 valence electrons. The molecule has 0 bridgehead atoms. The van der Waals surface area contributed by atoms with Crippen molar-refractivity contribution in [3.8, 4) is 5.75 Å². The van der Waals surface area contributed by atoms with Crippen molar-refractivity contribution in [2.24, 2.45) is 0 Å². The second-order valence-corrected chi connectivity index (χ2v) is 5.87. The Balaban J connectivity index is 1.81. The van der Waals surface area contributed by atoms with Crippen LogP contribution in [0.3, 0.4) is 0 Å². The van der Waals surface area contributed by atoms with Crippen molar-refractivity contribution < 1.29 is 5.11 Å². The number of hydrogen-bond acceptors (Lipinski definition) is 4. The van der Waals surface area contributed by atoms with Gasteiger partial charge in [0.1, 0.15) is 5.75 Å². The van der Waals surface area contributed by atoms with Crippen molar-refractivity contribution in [3.63, 3.8) is 0 Å². The van der Waals surface area contributed by atoms with Gasteiger partial charge in [0.25, 0.3) is 0 Å². The minimum Gasteiger partial charge on any atom is -0.506 e. The fourth-order valence-electron chi connectivity index (χ4n) is 2.46. The number of fused-ring (bicyclic) bond motifs is 1. The molecule has 2 aromatic rings. The van der Waals surface area contributed by atoms with Gasteiger partial charge >= 0.3 is 0 Å². The monoisotopic (exact) mass is 262 g/mol. The Bertz CT molecular complexity index is 544. The lowest BCUT2D eigenvalue weighted by Crippen LogP contribution is -2.43. The molecule has 0 unspecified atom stereocenters. The molecule has 0 spiro atoms. The van der Waals surface area contributed by atoms with Gasteiger partial charge in [-0.3, -0.25) is 4.90 Å².